The van der Waals surface area contributed by atoms with Gasteiger partial charge in [0.2, 0.25) is 10.0 Å². The molecule has 0 aliphatic rings. The van der Waals surface area contributed by atoms with Gasteiger partial charge >= 0.3 is 6.18 Å². The molecule has 1 aromatic carbocycles. The number of anilines is 1. The highest BCUT2D eigenvalue weighted by molar-refractivity contribution is 7.89. The van der Waals surface area contributed by atoms with Crippen LogP contribution < -0.4 is 5.73 Å². The summed E-state index contributed by atoms with van der Waals surface area (Å²) in [6.07, 6.45) is -4.84. The Hall–Kier alpha value is -1.79. The zero-order valence-electron chi connectivity index (χ0n) is 9.99. The van der Waals surface area contributed by atoms with Crippen molar-refractivity contribution in [1.82, 2.24) is 4.31 Å². The van der Waals surface area contributed by atoms with Crippen LogP contribution in [0.15, 0.2) is 17.0 Å². The number of nitrogens with zero attached hydrogens (tertiary/aromatic N) is 2. The molecule has 0 aliphatic carbocycles. The van der Waals surface area contributed by atoms with Crippen LogP contribution in [0.1, 0.15) is 11.1 Å². The van der Waals surface area contributed by atoms with Gasteiger partial charge in [-0.2, -0.15) is 18.4 Å². The summed E-state index contributed by atoms with van der Waals surface area (Å²) in [5, 5.41) is 8.73. The third-order valence-electron chi connectivity index (χ3n) is 2.36. The van der Waals surface area contributed by atoms with Crippen LogP contribution in [-0.2, 0) is 16.2 Å². The Morgan fingerprint density at radius 3 is 2.21 bits per heavy atom. The minimum absolute atomic E-state index is 0.422. The predicted molar refractivity (Wildman–Crippen MR) is 61.4 cm³/mol. The number of hydrogen-bond donors (Lipinski definition) is 1. The second-order valence-corrected chi connectivity index (χ2v) is 5.98. The van der Waals surface area contributed by atoms with E-state index in [-0.39, 0.29) is 0 Å². The normalized spacial score (nSPS) is 12.5. The first-order chi connectivity index (χ1) is 8.51. The maximum atomic E-state index is 12.7. The molecule has 1 aromatic rings. The lowest BCUT2D eigenvalue weighted by Gasteiger charge is -2.16. The first-order valence-electron chi connectivity index (χ1n) is 4.85. The zero-order chi connectivity index (χ0) is 15.0. The van der Waals surface area contributed by atoms with Gasteiger partial charge in [0, 0.05) is 14.1 Å². The van der Waals surface area contributed by atoms with E-state index in [1.807, 2.05) is 0 Å². The average molecular weight is 293 g/mol. The van der Waals surface area contributed by atoms with E-state index in [0.717, 1.165) is 10.4 Å². The summed E-state index contributed by atoms with van der Waals surface area (Å²) in [7, 11) is -1.74. The average Bonchev–Trinajstić information content (AvgIpc) is 2.27. The Balaban J connectivity index is 3.70. The van der Waals surface area contributed by atoms with Crippen LogP contribution in [-0.4, -0.2) is 26.8 Å². The molecular weight excluding hydrogens is 283 g/mol. The van der Waals surface area contributed by atoms with Crippen molar-refractivity contribution in [2.24, 2.45) is 0 Å². The van der Waals surface area contributed by atoms with E-state index in [9.17, 15) is 21.6 Å². The molecular formula is C10H10F3N3O2S. The van der Waals surface area contributed by atoms with Crippen molar-refractivity contribution < 1.29 is 21.6 Å². The summed E-state index contributed by atoms with van der Waals surface area (Å²) in [5.41, 5.74) is 2.56. The monoisotopic (exact) mass is 293 g/mol. The first kappa shape index (κ1) is 15.3. The highest BCUT2D eigenvalue weighted by atomic mass is 32.2. The van der Waals surface area contributed by atoms with Gasteiger partial charge in [-0.3, -0.25) is 0 Å². The lowest BCUT2D eigenvalue weighted by atomic mass is 10.1. The molecule has 1 rings (SSSR count). The summed E-state index contributed by atoms with van der Waals surface area (Å²) >= 11 is 0. The number of halogens is 3. The highest BCUT2D eigenvalue weighted by Gasteiger charge is 2.36. The van der Waals surface area contributed by atoms with Crippen LogP contribution in [0.5, 0.6) is 0 Å². The number of nitrogen functional groups attached to an aromatic ring is 1. The van der Waals surface area contributed by atoms with Crippen LogP contribution in [0.25, 0.3) is 0 Å². The summed E-state index contributed by atoms with van der Waals surface area (Å²) in [6, 6.07) is 2.69. The van der Waals surface area contributed by atoms with Gasteiger partial charge in [-0.25, -0.2) is 12.7 Å². The molecule has 0 atom stereocenters. The van der Waals surface area contributed by atoms with E-state index in [2.05, 4.69) is 0 Å². The van der Waals surface area contributed by atoms with Gasteiger partial charge in [0.25, 0.3) is 0 Å². The molecule has 0 saturated heterocycles. The van der Waals surface area contributed by atoms with Crippen LogP contribution >= 0.6 is 0 Å². The molecule has 0 radical (unpaired) electrons. The van der Waals surface area contributed by atoms with Crippen molar-refractivity contribution in [3.05, 3.63) is 23.3 Å². The molecule has 0 unspecified atom stereocenters. The Bertz CT molecular complexity index is 645. The Labute approximate surface area is 108 Å². The molecule has 0 aliphatic heterocycles. The molecule has 0 amide bonds. The SMILES string of the molecule is CN(C)S(=O)(=O)c1cc(C#N)c(N)c(C(F)(F)F)c1. The number of sulfonamides is 1. The lowest BCUT2D eigenvalue weighted by Crippen LogP contribution is -2.23. The van der Waals surface area contributed by atoms with Crippen LogP contribution in [0.4, 0.5) is 18.9 Å². The number of alkyl halides is 3. The van der Waals surface area contributed by atoms with Crippen molar-refractivity contribution in [2.75, 3.05) is 19.8 Å². The molecule has 0 fully saturated rings. The number of nitrogens with two attached hydrogens (primary N) is 1. The van der Waals surface area contributed by atoms with Crippen LogP contribution in [0.2, 0.25) is 0 Å². The molecule has 104 valence electrons. The molecule has 5 nitrogen and oxygen atoms in total. The van der Waals surface area contributed by atoms with Gasteiger partial charge in [-0.15, -0.1) is 0 Å². The second kappa shape index (κ2) is 4.71. The molecule has 9 heteroatoms. The number of nitriles is 1. The van der Waals surface area contributed by atoms with E-state index >= 15 is 0 Å². The standard InChI is InChI=1S/C10H10F3N3O2S/c1-16(2)19(17,18)7-3-6(5-14)9(15)8(4-7)10(11,12)13/h3-4H,15H2,1-2H3. The van der Waals surface area contributed by atoms with Crippen molar-refractivity contribution in [3.63, 3.8) is 0 Å². The van der Waals surface area contributed by atoms with E-state index in [0.29, 0.717) is 6.07 Å². The molecule has 0 saturated carbocycles. The number of hydrogen-bond acceptors (Lipinski definition) is 4. The van der Waals surface area contributed by atoms with Crippen molar-refractivity contribution in [3.8, 4) is 6.07 Å². The fourth-order valence-electron chi connectivity index (χ4n) is 1.31. The minimum Gasteiger partial charge on any atom is -0.397 e. The first-order valence-corrected chi connectivity index (χ1v) is 6.29. The predicted octanol–water partition coefficient (Wildman–Crippen LogP) is 1.41. The third-order valence-corrected chi connectivity index (χ3v) is 4.15. The summed E-state index contributed by atoms with van der Waals surface area (Å²) in [4.78, 5) is -0.629. The Kier molecular flexibility index (Phi) is 3.79. The van der Waals surface area contributed by atoms with Gasteiger partial charge in [0.1, 0.15) is 6.07 Å². The molecule has 2 N–H and O–H groups in total. The maximum absolute atomic E-state index is 12.7. The van der Waals surface area contributed by atoms with Crippen molar-refractivity contribution in [2.45, 2.75) is 11.1 Å². The van der Waals surface area contributed by atoms with Gasteiger partial charge in [0.15, 0.2) is 0 Å². The molecule has 0 spiro atoms. The lowest BCUT2D eigenvalue weighted by molar-refractivity contribution is -0.137. The topological polar surface area (TPSA) is 87.2 Å². The highest BCUT2D eigenvalue weighted by Crippen LogP contribution is 2.37. The Morgan fingerprint density at radius 2 is 1.84 bits per heavy atom. The van der Waals surface area contributed by atoms with E-state index < -0.39 is 37.9 Å². The second-order valence-electron chi connectivity index (χ2n) is 3.83. The largest absolute Gasteiger partial charge is 0.418 e. The van der Waals surface area contributed by atoms with E-state index in [4.69, 9.17) is 11.0 Å². The van der Waals surface area contributed by atoms with Crippen LogP contribution in [0, 0.1) is 11.3 Å². The quantitative estimate of drug-likeness (QED) is 0.835. The summed E-state index contributed by atoms with van der Waals surface area (Å²) < 4.78 is 62.6. The van der Waals surface area contributed by atoms with Gasteiger partial charge < -0.3 is 5.73 Å². The Morgan fingerprint density at radius 1 is 1.32 bits per heavy atom. The van der Waals surface area contributed by atoms with Gasteiger partial charge in [0.05, 0.1) is 21.7 Å². The van der Waals surface area contributed by atoms with Crippen molar-refractivity contribution >= 4 is 15.7 Å². The fourth-order valence-corrected chi connectivity index (χ4v) is 2.27. The molecule has 19 heavy (non-hydrogen) atoms. The van der Waals surface area contributed by atoms with Gasteiger partial charge in [-0.05, 0) is 12.1 Å². The number of benzene rings is 1. The fraction of sp³-hybridized carbons (Fsp3) is 0.300. The van der Waals surface area contributed by atoms with E-state index in [1.54, 1.807) is 0 Å². The maximum Gasteiger partial charge on any atom is 0.418 e. The molecule has 0 aromatic heterocycles. The van der Waals surface area contributed by atoms with Gasteiger partial charge in [-0.1, -0.05) is 0 Å². The van der Waals surface area contributed by atoms with E-state index in [1.165, 1.54) is 20.2 Å². The zero-order valence-corrected chi connectivity index (χ0v) is 10.8. The van der Waals surface area contributed by atoms with Crippen LogP contribution in [0.3, 0.4) is 0 Å². The molecule has 0 heterocycles. The summed E-state index contributed by atoms with van der Waals surface area (Å²) in [6.45, 7) is 0. The third kappa shape index (κ3) is 2.80. The minimum atomic E-state index is -4.84. The summed E-state index contributed by atoms with van der Waals surface area (Å²) in [5.74, 6) is 0. The molecule has 0 bridgehead atoms. The smallest absolute Gasteiger partial charge is 0.397 e. The number of rotatable bonds is 2. The van der Waals surface area contributed by atoms with Crippen molar-refractivity contribution in [1.29, 1.82) is 5.26 Å².